The first-order valence-electron chi connectivity index (χ1n) is 9.32. The van der Waals surface area contributed by atoms with E-state index in [4.69, 9.17) is 0 Å². The third-order valence-corrected chi connectivity index (χ3v) is 6.48. The molecule has 0 amide bonds. The smallest absolute Gasteiger partial charge is 0.123 e. The lowest BCUT2D eigenvalue weighted by Crippen LogP contribution is -2.43. The van der Waals surface area contributed by atoms with Gasteiger partial charge in [0.2, 0.25) is 0 Å². The summed E-state index contributed by atoms with van der Waals surface area (Å²) >= 11 is 1.67. The number of benzene rings is 2. The molecule has 1 unspecified atom stereocenters. The molecule has 1 N–H and O–H groups in total. The molecular formula is C21H24F2N2OS. The highest BCUT2D eigenvalue weighted by molar-refractivity contribution is 7.96. The quantitative estimate of drug-likeness (QED) is 0.612. The minimum Gasteiger partial charge on any atom is -0.390 e. The monoisotopic (exact) mass is 390 g/mol. The number of halogens is 2. The predicted molar refractivity (Wildman–Crippen MR) is 108 cm³/mol. The second kappa shape index (κ2) is 7.41. The molecule has 1 aliphatic rings. The number of hydrogen-bond acceptors (Lipinski definition) is 3. The van der Waals surface area contributed by atoms with Gasteiger partial charge in [-0.2, -0.15) is 0 Å². The van der Waals surface area contributed by atoms with Gasteiger partial charge in [-0.1, -0.05) is 18.9 Å². The van der Waals surface area contributed by atoms with Crippen LogP contribution in [-0.2, 0) is 6.54 Å². The molecule has 27 heavy (non-hydrogen) atoms. The molecule has 4 rings (SSSR count). The van der Waals surface area contributed by atoms with Gasteiger partial charge in [0.05, 0.1) is 12.6 Å². The van der Waals surface area contributed by atoms with E-state index in [1.54, 1.807) is 24.1 Å². The fourth-order valence-corrected chi connectivity index (χ4v) is 4.98. The first-order chi connectivity index (χ1) is 13.0. The molecule has 0 bridgehead atoms. The summed E-state index contributed by atoms with van der Waals surface area (Å²) in [6.07, 6.45) is 3.81. The van der Waals surface area contributed by atoms with Gasteiger partial charge in [0, 0.05) is 34.4 Å². The molecule has 6 heteroatoms. The van der Waals surface area contributed by atoms with Crippen molar-refractivity contribution in [3.63, 3.8) is 0 Å². The average molecular weight is 390 g/mol. The van der Waals surface area contributed by atoms with Crippen LogP contribution in [-0.4, -0.2) is 38.9 Å². The Labute approximate surface area is 162 Å². The summed E-state index contributed by atoms with van der Waals surface area (Å²) in [4.78, 5) is 0. The van der Waals surface area contributed by atoms with Gasteiger partial charge >= 0.3 is 0 Å². The highest BCUT2D eigenvalue weighted by Crippen LogP contribution is 2.35. The molecule has 0 saturated heterocycles. The summed E-state index contributed by atoms with van der Waals surface area (Å²) in [5, 5.41) is 12.1. The molecule has 2 aromatic carbocycles. The molecule has 3 nitrogen and oxygen atoms in total. The van der Waals surface area contributed by atoms with Crippen molar-refractivity contribution in [2.24, 2.45) is 5.92 Å². The van der Waals surface area contributed by atoms with Crippen LogP contribution < -0.4 is 0 Å². The van der Waals surface area contributed by atoms with Crippen LogP contribution in [0.15, 0.2) is 36.4 Å². The summed E-state index contributed by atoms with van der Waals surface area (Å²) in [7, 11) is 0. The van der Waals surface area contributed by atoms with Gasteiger partial charge in [-0.25, -0.2) is 13.1 Å². The lowest BCUT2D eigenvalue weighted by molar-refractivity contribution is 0.0904. The Morgan fingerprint density at radius 2 is 1.67 bits per heavy atom. The maximum atomic E-state index is 13.8. The first kappa shape index (κ1) is 18.7. The molecule has 1 aliphatic carbocycles. The van der Waals surface area contributed by atoms with Gasteiger partial charge in [-0.15, -0.1) is 0 Å². The van der Waals surface area contributed by atoms with Crippen LogP contribution in [0.4, 0.5) is 8.78 Å². The Morgan fingerprint density at radius 3 is 2.15 bits per heavy atom. The molecule has 1 aromatic heterocycles. The van der Waals surface area contributed by atoms with Crippen molar-refractivity contribution in [1.29, 1.82) is 0 Å². The van der Waals surface area contributed by atoms with Crippen LogP contribution in [0.25, 0.3) is 21.8 Å². The van der Waals surface area contributed by atoms with Crippen molar-refractivity contribution >= 4 is 33.8 Å². The highest BCUT2D eigenvalue weighted by atomic mass is 32.2. The van der Waals surface area contributed by atoms with Crippen LogP contribution in [0.1, 0.15) is 19.8 Å². The lowest BCUT2D eigenvalue weighted by Gasteiger charge is -2.41. The van der Waals surface area contributed by atoms with E-state index in [1.807, 2.05) is 10.8 Å². The number of aromatic nitrogens is 1. The molecule has 1 heterocycles. The zero-order valence-corrected chi connectivity index (χ0v) is 16.3. The van der Waals surface area contributed by atoms with E-state index in [0.29, 0.717) is 29.9 Å². The van der Waals surface area contributed by atoms with Gasteiger partial charge < -0.3 is 9.67 Å². The summed E-state index contributed by atoms with van der Waals surface area (Å²) in [5.74, 6) is 0.0574. The Balaban J connectivity index is 1.64. The van der Waals surface area contributed by atoms with Crippen LogP contribution in [0.2, 0.25) is 0 Å². The number of nitrogens with zero attached hydrogens (tertiary/aromatic N) is 2. The van der Waals surface area contributed by atoms with Crippen LogP contribution >= 0.6 is 11.9 Å². The van der Waals surface area contributed by atoms with E-state index < -0.39 is 6.10 Å². The van der Waals surface area contributed by atoms with Crippen molar-refractivity contribution in [2.75, 3.05) is 12.8 Å². The van der Waals surface area contributed by atoms with Crippen LogP contribution in [0.5, 0.6) is 0 Å². The Morgan fingerprint density at radius 1 is 1.11 bits per heavy atom. The number of aliphatic hydroxyl groups is 1. The van der Waals surface area contributed by atoms with E-state index >= 15 is 0 Å². The summed E-state index contributed by atoms with van der Waals surface area (Å²) < 4.78 is 31.7. The topological polar surface area (TPSA) is 28.4 Å². The number of fused-ring (bicyclic) bond motifs is 3. The molecule has 0 spiro atoms. The van der Waals surface area contributed by atoms with Gasteiger partial charge in [-0.3, -0.25) is 0 Å². The van der Waals surface area contributed by atoms with Gasteiger partial charge in [0.15, 0.2) is 0 Å². The van der Waals surface area contributed by atoms with E-state index in [2.05, 4.69) is 11.2 Å². The Kier molecular flexibility index (Phi) is 5.14. The van der Waals surface area contributed by atoms with Gasteiger partial charge in [0.25, 0.3) is 0 Å². The van der Waals surface area contributed by atoms with E-state index in [9.17, 15) is 13.9 Å². The standard InChI is InChI=1S/C21H24F2N2OS/c1-13-7-16(8-13)25(27-2)12-17(26)11-24-20-5-3-14(22)9-18(20)19-10-15(23)4-6-21(19)24/h3-6,9-10,13,16-17,26H,7-8,11-12H2,1-2H3. The van der Waals surface area contributed by atoms with Gasteiger partial charge in [0.1, 0.15) is 11.6 Å². The molecule has 144 valence electrons. The molecule has 1 fully saturated rings. The number of rotatable bonds is 6. The maximum absolute atomic E-state index is 13.8. The molecule has 0 aliphatic heterocycles. The SMILES string of the molecule is CSN(CC(O)Cn1c2ccc(F)cc2c2cc(F)ccc21)C1CC(C)C1. The number of hydrogen-bond donors (Lipinski definition) is 1. The third-order valence-electron chi connectivity index (χ3n) is 5.56. The fourth-order valence-electron chi connectivity index (χ4n) is 4.19. The van der Waals surface area contributed by atoms with Crippen LogP contribution in [0.3, 0.4) is 0 Å². The van der Waals surface area contributed by atoms with Crippen LogP contribution in [0, 0.1) is 17.6 Å². The lowest BCUT2D eigenvalue weighted by atomic mass is 9.82. The summed E-state index contributed by atoms with van der Waals surface area (Å²) in [6, 6.07) is 9.61. The summed E-state index contributed by atoms with van der Waals surface area (Å²) in [6.45, 7) is 3.21. The second-order valence-electron chi connectivity index (χ2n) is 7.60. The average Bonchev–Trinajstić information content (AvgIpc) is 2.90. The normalized spacial score (nSPS) is 21.1. The van der Waals surface area contributed by atoms with Crippen molar-refractivity contribution in [2.45, 2.75) is 38.5 Å². The fraction of sp³-hybridized carbons (Fsp3) is 0.429. The van der Waals surface area contributed by atoms with E-state index in [-0.39, 0.29) is 11.6 Å². The highest BCUT2D eigenvalue weighted by Gasteiger charge is 2.31. The molecule has 0 radical (unpaired) electrons. The molecular weight excluding hydrogens is 366 g/mol. The molecule has 1 saturated carbocycles. The minimum absolute atomic E-state index is 0.348. The Hall–Kier alpha value is -1.63. The molecule has 1 atom stereocenters. The third kappa shape index (κ3) is 3.58. The molecule has 3 aromatic rings. The van der Waals surface area contributed by atoms with Crippen molar-refractivity contribution in [3.05, 3.63) is 48.0 Å². The largest absolute Gasteiger partial charge is 0.390 e. The zero-order valence-electron chi connectivity index (χ0n) is 15.5. The number of aliphatic hydroxyl groups excluding tert-OH is 1. The second-order valence-corrected chi connectivity index (χ2v) is 8.43. The first-order valence-corrected chi connectivity index (χ1v) is 10.5. The van der Waals surface area contributed by atoms with Crippen molar-refractivity contribution in [1.82, 2.24) is 8.87 Å². The van der Waals surface area contributed by atoms with Gasteiger partial charge in [-0.05, 0) is 61.4 Å². The summed E-state index contributed by atoms with van der Waals surface area (Å²) in [5.41, 5.74) is 1.62. The predicted octanol–water partition coefficient (Wildman–Crippen LogP) is 4.81. The maximum Gasteiger partial charge on any atom is 0.123 e. The zero-order chi connectivity index (χ0) is 19.1. The van der Waals surface area contributed by atoms with Crippen molar-refractivity contribution < 1.29 is 13.9 Å². The van der Waals surface area contributed by atoms with E-state index in [1.165, 1.54) is 37.1 Å². The Bertz CT molecular complexity index is 908. The minimum atomic E-state index is -0.567. The van der Waals surface area contributed by atoms with Crippen molar-refractivity contribution in [3.8, 4) is 0 Å². The van der Waals surface area contributed by atoms with E-state index in [0.717, 1.165) is 17.0 Å².